The molecule has 0 bridgehead atoms. The Morgan fingerprint density at radius 2 is 1.32 bits per heavy atom. The SMILES string of the molecule is CCC(=O)OCC(OC(=O)CC)[C@H]1O[C@@H](O)[C@H](OC(=O)CC)[C@H]1OC(=O)CC. The highest BCUT2D eigenvalue weighted by Crippen LogP contribution is 2.30. The van der Waals surface area contributed by atoms with Crippen LogP contribution in [0.3, 0.4) is 0 Å². The summed E-state index contributed by atoms with van der Waals surface area (Å²) in [5.41, 5.74) is 0. The van der Waals surface area contributed by atoms with E-state index in [2.05, 4.69) is 0 Å². The Morgan fingerprint density at radius 3 is 1.82 bits per heavy atom. The summed E-state index contributed by atoms with van der Waals surface area (Å²) in [7, 11) is 0. The van der Waals surface area contributed by atoms with Gasteiger partial charge >= 0.3 is 23.9 Å². The molecular weight excluding hydrogens is 376 g/mol. The molecule has 0 spiro atoms. The summed E-state index contributed by atoms with van der Waals surface area (Å²) in [5, 5.41) is 10.2. The largest absolute Gasteiger partial charge is 0.462 e. The number of hydrogen-bond acceptors (Lipinski definition) is 10. The summed E-state index contributed by atoms with van der Waals surface area (Å²) in [6, 6.07) is 0. The Labute approximate surface area is 163 Å². The monoisotopic (exact) mass is 404 g/mol. The van der Waals surface area contributed by atoms with E-state index in [-0.39, 0.29) is 32.3 Å². The summed E-state index contributed by atoms with van der Waals surface area (Å²) in [6.45, 7) is 5.92. The molecule has 160 valence electrons. The van der Waals surface area contributed by atoms with Crippen molar-refractivity contribution in [2.75, 3.05) is 6.61 Å². The highest BCUT2D eigenvalue weighted by atomic mass is 16.7. The Kier molecular flexibility index (Phi) is 9.88. The molecule has 28 heavy (non-hydrogen) atoms. The van der Waals surface area contributed by atoms with Crippen LogP contribution in [-0.2, 0) is 42.9 Å². The lowest BCUT2D eigenvalue weighted by atomic mass is 10.1. The van der Waals surface area contributed by atoms with E-state index in [0.29, 0.717) is 0 Å². The molecule has 1 aliphatic rings. The molecule has 0 saturated carbocycles. The second kappa shape index (κ2) is 11.6. The lowest BCUT2D eigenvalue weighted by Crippen LogP contribution is -2.47. The smallest absolute Gasteiger partial charge is 0.306 e. The van der Waals surface area contributed by atoms with E-state index < -0.39 is 54.6 Å². The quantitative estimate of drug-likeness (QED) is 0.408. The van der Waals surface area contributed by atoms with Crippen molar-refractivity contribution in [2.45, 2.75) is 84.1 Å². The van der Waals surface area contributed by atoms with Crippen LogP contribution in [0.4, 0.5) is 0 Å². The van der Waals surface area contributed by atoms with Gasteiger partial charge < -0.3 is 28.8 Å². The van der Waals surface area contributed by atoms with Crippen molar-refractivity contribution in [3.8, 4) is 0 Å². The standard InChI is InChI=1S/C18H28O10/c1-5-11(19)24-9-10(25-12(20)6-2)15-16(26-13(21)7-3)17(18(23)28-15)27-14(22)8-4/h10,15-18,23H,5-9H2,1-4H3/t10?,15-,16+,17-,18-/m1/s1. The van der Waals surface area contributed by atoms with E-state index in [1.807, 2.05) is 0 Å². The third-order valence-electron chi connectivity index (χ3n) is 3.97. The Bertz CT molecular complexity index is 561. The number of esters is 4. The lowest BCUT2D eigenvalue weighted by molar-refractivity contribution is -0.186. The van der Waals surface area contributed by atoms with Crippen molar-refractivity contribution in [3.63, 3.8) is 0 Å². The molecule has 1 rings (SSSR count). The van der Waals surface area contributed by atoms with Gasteiger partial charge in [0.15, 0.2) is 24.6 Å². The molecule has 0 aromatic rings. The molecule has 1 fully saturated rings. The van der Waals surface area contributed by atoms with E-state index in [1.165, 1.54) is 0 Å². The van der Waals surface area contributed by atoms with Crippen LogP contribution in [0.2, 0.25) is 0 Å². The molecule has 1 saturated heterocycles. The molecule has 1 unspecified atom stereocenters. The van der Waals surface area contributed by atoms with Gasteiger partial charge in [-0.15, -0.1) is 0 Å². The van der Waals surface area contributed by atoms with Crippen molar-refractivity contribution >= 4 is 23.9 Å². The van der Waals surface area contributed by atoms with Crippen molar-refractivity contribution in [1.29, 1.82) is 0 Å². The average Bonchev–Trinajstić information content (AvgIpc) is 2.99. The molecule has 0 radical (unpaired) electrons. The minimum absolute atomic E-state index is 0.0258. The minimum atomic E-state index is -1.61. The van der Waals surface area contributed by atoms with Crippen LogP contribution in [-0.4, -0.2) is 66.3 Å². The first-order valence-corrected chi connectivity index (χ1v) is 9.34. The second-order valence-electron chi connectivity index (χ2n) is 6.03. The van der Waals surface area contributed by atoms with Gasteiger partial charge in [-0.05, 0) is 0 Å². The molecule has 10 heteroatoms. The predicted octanol–water partition coefficient (Wildman–Crippen LogP) is 0.622. The molecule has 5 atom stereocenters. The average molecular weight is 404 g/mol. The predicted molar refractivity (Wildman–Crippen MR) is 92.6 cm³/mol. The minimum Gasteiger partial charge on any atom is -0.462 e. The topological polar surface area (TPSA) is 135 Å². The number of aliphatic hydroxyl groups excluding tert-OH is 1. The Hall–Kier alpha value is -2.20. The van der Waals surface area contributed by atoms with Crippen LogP contribution in [0.15, 0.2) is 0 Å². The zero-order valence-electron chi connectivity index (χ0n) is 16.5. The van der Waals surface area contributed by atoms with Crippen LogP contribution in [0.1, 0.15) is 53.4 Å². The fourth-order valence-corrected chi connectivity index (χ4v) is 2.42. The number of hydrogen-bond donors (Lipinski definition) is 1. The molecule has 0 amide bonds. The van der Waals surface area contributed by atoms with E-state index in [4.69, 9.17) is 23.7 Å². The lowest BCUT2D eigenvalue weighted by Gasteiger charge is -2.28. The summed E-state index contributed by atoms with van der Waals surface area (Å²) < 4.78 is 26.1. The maximum Gasteiger partial charge on any atom is 0.306 e. The summed E-state index contributed by atoms with van der Waals surface area (Å²) in [5.74, 6) is -2.40. The molecule has 1 heterocycles. The first-order chi connectivity index (χ1) is 13.3. The number of aliphatic hydroxyl groups is 1. The maximum atomic E-state index is 11.8. The Balaban J connectivity index is 3.10. The zero-order valence-corrected chi connectivity index (χ0v) is 16.5. The van der Waals surface area contributed by atoms with Crippen LogP contribution in [0.25, 0.3) is 0 Å². The highest BCUT2D eigenvalue weighted by Gasteiger charge is 2.53. The third-order valence-corrected chi connectivity index (χ3v) is 3.97. The molecule has 0 aromatic heterocycles. The van der Waals surface area contributed by atoms with Gasteiger partial charge in [0, 0.05) is 25.7 Å². The van der Waals surface area contributed by atoms with Crippen LogP contribution in [0, 0.1) is 0 Å². The van der Waals surface area contributed by atoms with Crippen molar-refractivity contribution in [2.24, 2.45) is 0 Å². The van der Waals surface area contributed by atoms with E-state index in [0.717, 1.165) is 0 Å². The normalized spacial score (nSPS) is 24.9. The van der Waals surface area contributed by atoms with Crippen molar-refractivity contribution in [3.05, 3.63) is 0 Å². The number of carbonyl (C=O) groups excluding carboxylic acids is 4. The van der Waals surface area contributed by atoms with E-state index in [9.17, 15) is 24.3 Å². The summed E-state index contributed by atoms with van der Waals surface area (Å²) >= 11 is 0. The first-order valence-electron chi connectivity index (χ1n) is 9.34. The van der Waals surface area contributed by atoms with Crippen LogP contribution < -0.4 is 0 Å². The molecule has 1 N–H and O–H groups in total. The fourth-order valence-electron chi connectivity index (χ4n) is 2.42. The fraction of sp³-hybridized carbons (Fsp3) is 0.778. The summed E-state index contributed by atoms with van der Waals surface area (Å²) in [6.07, 6.45) is -6.32. The number of ether oxygens (including phenoxy) is 5. The van der Waals surface area contributed by atoms with Gasteiger partial charge in [-0.3, -0.25) is 19.2 Å². The zero-order chi connectivity index (χ0) is 21.3. The van der Waals surface area contributed by atoms with Gasteiger partial charge in [0.1, 0.15) is 12.7 Å². The van der Waals surface area contributed by atoms with Gasteiger partial charge in [0.2, 0.25) is 0 Å². The van der Waals surface area contributed by atoms with Crippen molar-refractivity contribution in [1.82, 2.24) is 0 Å². The van der Waals surface area contributed by atoms with E-state index >= 15 is 0 Å². The molecule has 0 aliphatic carbocycles. The van der Waals surface area contributed by atoms with Crippen LogP contribution in [0.5, 0.6) is 0 Å². The third kappa shape index (κ3) is 6.75. The van der Waals surface area contributed by atoms with E-state index in [1.54, 1.807) is 27.7 Å². The van der Waals surface area contributed by atoms with Gasteiger partial charge in [-0.2, -0.15) is 0 Å². The highest BCUT2D eigenvalue weighted by molar-refractivity contribution is 5.71. The van der Waals surface area contributed by atoms with Gasteiger partial charge in [-0.1, -0.05) is 27.7 Å². The summed E-state index contributed by atoms with van der Waals surface area (Å²) in [4.78, 5) is 46.8. The first kappa shape index (κ1) is 23.8. The Morgan fingerprint density at radius 1 is 0.821 bits per heavy atom. The molecular formula is C18H28O10. The van der Waals surface area contributed by atoms with Crippen molar-refractivity contribution < 1.29 is 48.0 Å². The molecule has 1 aliphatic heterocycles. The number of rotatable bonds is 10. The van der Waals surface area contributed by atoms with Gasteiger partial charge in [0.25, 0.3) is 0 Å². The molecule has 10 nitrogen and oxygen atoms in total. The van der Waals surface area contributed by atoms with Gasteiger partial charge in [0.05, 0.1) is 0 Å². The molecule has 0 aromatic carbocycles. The second-order valence-corrected chi connectivity index (χ2v) is 6.03. The van der Waals surface area contributed by atoms with Gasteiger partial charge in [-0.25, -0.2) is 0 Å². The number of carbonyl (C=O) groups is 4. The van der Waals surface area contributed by atoms with Crippen LogP contribution >= 0.6 is 0 Å². The maximum absolute atomic E-state index is 11.8.